The summed E-state index contributed by atoms with van der Waals surface area (Å²) < 4.78 is 1.98. The maximum atomic E-state index is 12.7. The Labute approximate surface area is 167 Å². The molecule has 0 N–H and O–H groups in total. The number of nitrogens with zero attached hydrogens (tertiary/aromatic N) is 4. The molecule has 4 aromatic rings. The molecular formula is C22H22N4OS. The summed E-state index contributed by atoms with van der Waals surface area (Å²) in [6, 6.07) is 15.0. The van der Waals surface area contributed by atoms with Crippen LogP contribution >= 0.6 is 11.3 Å². The number of fused-ring (bicyclic) bond motifs is 2. The van der Waals surface area contributed by atoms with Gasteiger partial charge in [-0.15, -0.1) is 11.3 Å². The molecule has 1 aliphatic heterocycles. The van der Waals surface area contributed by atoms with E-state index in [1.165, 1.54) is 16.3 Å². The van der Waals surface area contributed by atoms with Crippen LogP contribution in [0, 0.1) is 0 Å². The van der Waals surface area contributed by atoms with Crippen LogP contribution in [0.1, 0.15) is 11.3 Å². The monoisotopic (exact) mass is 390 g/mol. The van der Waals surface area contributed by atoms with Crippen molar-refractivity contribution in [3.63, 3.8) is 0 Å². The maximum Gasteiger partial charge on any atom is 0.228 e. The number of amides is 1. The molecule has 28 heavy (non-hydrogen) atoms. The van der Waals surface area contributed by atoms with Gasteiger partial charge < -0.3 is 4.90 Å². The summed E-state index contributed by atoms with van der Waals surface area (Å²) in [5, 5.41) is 4.61. The fourth-order valence-corrected chi connectivity index (χ4v) is 4.67. The van der Waals surface area contributed by atoms with Crippen LogP contribution < -0.4 is 0 Å². The number of benzene rings is 2. The van der Waals surface area contributed by atoms with Crippen molar-refractivity contribution < 1.29 is 4.79 Å². The lowest BCUT2D eigenvalue weighted by Crippen LogP contribution is -2.48. The summed E-state index contributed by atoms with van der Waals surface area (Å²) in [6.07, 6.45) is 4.32. The van der Waals surface area contributed by atoms with Crippen LogP contribution in [0.4, 0.5) is 0 Å². The molecule has 1 aliphatic rings. The summed E-state index contributed by atoms with van der Waals surface area (Å²) in [5.74, 6) is 0.176. The van der Waals surface area contributed by atoms with E-state index in [0.717, 1.165) is 43.4 Å². The first kappa shape index (κ1) is 17.4. The minimum absolute atomic E-state index is 0.176. The molecule has 0 atom stereocenters. The van der Waals surface area contributed by atoms with Crippen molar-refractivity contribution in [2.45, 2.75) is 13.0 Å². The third kappa shape index (κ3) is 3.41. The van der Waals surface area contributed by atoms with E-state index in [-0.39, 0.29) is 5.91 Å². The van der Waals surface area contributed by atoms with E-state index in [2.05, 4.69) is 52.3 Å². The molecule has 0 saturated carbocycles. The molecule has 2 aromatic heterocycles. The summed E-state index contributed by atoms with van der Waals surface area (Å²) in [5.41, 5.74) is 2.21. The van der Waals surface area contributed by atoms with E-state index >= 15 is 0 Å². The van der Waals surface area contributed by atoms with Gasteiger partial charge in [-0.3, -0.25) is 14.1 Å². The van der Waals surface area contributed by atoms with Gasteiger partial charge in [0.2, 0.25) is 5.91 Å². The van der Waals surface area contributed by atoms with Gasteiger partial charge in [-0.05, 0) is 16.3 Å². The fourth-order valence-electron chi connectivity index (χ4n) is 3.95. The van der Waals surface area contributed by atoms with Crippen LogP contribution in [0.25, 0.3) is 15.7 Å². The van der Waals surface area contributed by atoms with E-state index in [4.69, 9.17) is 0 Å². The predicted molar refractivity (Wildman–Crippen MR) is 113 cm³/mol. The van der Waals surface area contributed by atoms with Gasteiger partial charge in [0, 0.05) is 50.5 Å². The Morgan fingerprint density at radius 2 is 1.86 bits per heavy atom. The number of hydrogen-bond acceptors (Lipinski definition) is 4. The molecule has 6 heteroatoms. The molecule has 2 aromatic carbocycles. The molecule has 0 spiro atoms. The molecular weight excluding hydrogens is 368 g/mol. The zero-order valence-corrected chi connectivity index (χ0v) is 16.4. The van der Waals surface area contributed by atoms with Crippen LogP contribution in [0.15, 0.2) is 60.2 Å². The summed E-state index contributed by atoms with van der Waals surface area (Å²) >= 11 is 1.59. The Morgan fingerprint density at radius 1 is 1.04 bits per heavy atom. The van der Waals surface area contributed by atoms with Gasteiger partial charge in [0.1, 0.15) is 0 Å². The van der Waals surface area contributed by atoms with Crippen LogP contribution in [0.3, 0.4) is 0 Å². The van der Waals surface area contributed by atoms with Gasteiger partial charge in [-0.25, -0.2) is 4.98 Å². The van der Waals surface area contributed by atoms with E-state index in [1.807, 2.05) is 27.1 Å². The summed E-state index contributed by atoms with van der Waals surface area (Å²) in [6.45, 7) is 4.32. The van der Waals surface area contributed by atoms with Gasteiger partial charge in [0.15, 0.2) is 4.96 Å². The minimum atomic E-state index is 0.176. The molecule has 3 heterocycles. The first-order valence-electron chi connectivity index (χ1n) is 9.64. The molecule has 1 fully saturated rings. The zero-order chi connectivity index (χ0) is 18.9. The lowest BCUT2D eigenvalue weighted by atomic mass is 10.0. The summed E-state index contributed by atoms with van der Waals surface area (Å²) in [4.78, 5) is 22.6. The predicted octanol–water partition coefficient (Wildman–Crippen LogP) is 3.44. The van der Waals surface area contributed by atoms with Gasteiger partial charge in [-0.2, -0.15) is 0 Å². The fraction of sp³-hybridized carbons (Fsp3) is 0.273. The highest BCUT2D eigenvalue weighted by molar-refractivity contribution is 7.15. The molecule has 0 unspecified atom stereocenters. The lowest BCUT2D eigenvalue weighted by Gasteiger charge is -2.35. The molecule has 142 valence electrons. The number of hydrogen-bond donors (Lipinski definition) is 0. The Bertz CT molecular complexity index is 1090. The average molecular weight is 391 g/mol. The Kier molecular flexibility index (Phi) is 4.58. The van der Waals surface area contributed by atoms with Crippen LogP contribution in [-0.2, 0) is 17.8 Å². The number of rotatable bonds is 4. The molecule has 0 aliphatic carbocycles. The third-order valence-corrected chi connectivity index (χ3v) is 6.25. The Morgan fingerprint density at radius 3 is 2.71 bits per heavy atom. The number of aromatic nitrogens is 2. The van der Waals surface area contributed by atoms with Crippen molar-refractivity contribution in [1.82, 2.24) is 19.2 Å². The summed E-state index contributed by atoms with van der Waals surface area (Å²) in [7, 11) is 0. The van der Waals surface area contributed by atoms with E-state index in [0.29, 0.717) is 6.42 Å². The molecule has 0 bridgehead atoms. The van der Waals surface area contributed by atoms with Gasteiger partial charge in [0.05, 0.1) is 12.1 Å². The third-order valence-electron chi connectivity index (χ3n) is 5.47. The smallest absolute Gasteiger partial charge is 0.228 e. The second-order valence-corrected chi connectivity index (χ2v) is 8.17. The number of imidazole rings is 1. The maximum absolute atomic E-state index is 12.7. The quantitative estimate of drug-likeness (QED) is 0.536. The number of piperazine rings is 1. The Balaban J connectivity index is 1.20. The number of carbonyl (C=O) groups is 1. The topological polar surface area (TPSA) is 40.9 Å². The van der Waals surface area contributed by atoms with Crippen molar-refractivity contribution in [2.75, 3.05) is 26.2 Å². The van der Waals surface area contributed by atoms with Crippen LogP contribution in [-0.4, -0.2) is 51.3 Å². The largest absolute Gasteiger partial charge is 0.340 e. The minimum Gasteiger partial charge on any atom is -0.340 e. The van der Waals surface area contributed by atoms with E-state index in [1.54, 1.807) is 11.3 Å². The van der Waals surface area contributed by atoms with E-state index in [9.17, 15) is 4.79 Å². The van der Waals surface area contributed by atoms with Crippen LogP contribution in [0.5, 0.6) is 0 Å². The molecule has 1 saturated heterocycles. The molecule has 0 radical (unpaired) electrons. The second kappa shape index (κ2) is 7.37. The van der Waals surface area contributed by atoms with Crippen LogP contribution in [0.2, 0.25) is 0 Å². The highest BCUT2D eigenvalue weighted by Crippen LogP contribution is 2.21. The lowest BCUT2D eigenvalue weighted by molar-refractivity contribution is -0.132. The zero-order valence-electron chi connectivity index (χ0n) is 15.6. The standard InChI is InChI=1S/C22H22N4OS/c27-21(14-19-16-26-12-13-28-22(26)23-19)25-10-8-24(9-11-25)15-18-6-3-5-17-4-1-2-7-20(17)18/h1-7,12-13,16H,8-11,14-15H2. The second-order valence-electron chi connectivity index (χ2n) is 7.30. The van der Waals surface area contributed by atoms with Crippen molar-refractivity contribution in [1.29, 1.82) is 0 Å². The van der Waals surface area contributed by atoms with Gasteiger partial charge in [-0.1, -0.05) is 42.5 Å². The normalized spacial score (nSPS) is 15.5. The van der Waals surface area contributed by atoms with E-state index < -0.39 is 0 Å². The van der Waals surface area contributed by atoms with Gasteiger partial charge >= 0.3 is 0 Å². The first-order chi connectivity index (χ1) is 13.8. The number of carbonyl (C=O) groups excluding carboxylic acids is 1. The van der Waals surface area contributed by atoms with Crippen molar-refractivity contribution >= 4 is 33.0 Å². The number of thiazole rings is 1. The Hall–Kier alpha value is -2.70. The van der Waals surface area contributed by atoms with Crippen molar-refractivity contribution in [3.05, 3.63) is 71.5 Å². The van der Waals surface area contributed by atoms with Crippen molar-refractivity contribution in [2.24, 2.45) is 0 Å². The molecule has 5 nitrogen and oxygen atoms in total. The van der Waals surface area contributed by atoms with Crippen molar-refractivity contribution in [3.8, 4) is 0 Å². The highest BCUT2D eigenvalue weighted by Gasteiger charge is 2.22. The average Bonchev–Trinajstić information content (AvgIpc) is 3.30. The van der Waals surface area contributed by atoms with Gasteiger partial charge in [0.25, 0.3) is 0 Å². The SMILES string of the molecule is O=C(Cc1cn2ccsc2n1)N1CCN(Cc2cccc3ccccc23)CC1. The highest BCUT2D eigenvalue weighted by atomic mass is 32.1. The molecule has 5 rings (SSSR count). The first-order valence-corrected chi connectivity index (χ1v) is 10.5. The molecule has 1 amide bonds.